The van der Waals surface area contributed by atoms with Crippen molar-refractivity contribution in [2.24, 2.45) is 5.84 Å². The van der Waals surface area contributed by atoms with Crippen LogP contribution in [0.1, 0.15) is 5.56 Å². The average Bonchev–Trinajstić information content (AvgIpc) is 3.33. The van der Waals surface area contributed by atoms with Crippen molar-refractivity contribution < 1.29 is 13.2 Å². The van der Waals surface area contributed by atoms with E-state index in [1.807, 2.05) is 28.9 Å². The number of nitrogen functional groups attached to an aromatic ring is 1. The number of imidazole rings is 1. The van der Waals surface area contributed by atoms with Crippen molar-refractivity contribution in [3.05, 3.63) is 60.8 Å². The van der Waals surface area contributed by atoms with Crippen LogP contribution in [-0.4, -0.2) is 30.3 Å². The minimum atomic E-state index is -4.34. The van der Waals surface area contributed by atoms with Crippen LogP contribution in [0.3, 0.4) is 0 Å². The summed E-state index contributed by atoms with van der Waals surface area (Å²) in [4.78, 5) is 8.68. The molecule has 4 aromatic heterocycles. The first-order valence-electron chi connectivity index (χ1n) is 8.64. The molecule has 0 aliphatic rings. The Hall–Kier alpha value is -3.60. The van der Waals surface area contributed by atoms with E-state index in [-0.39, 0.29) is 0 Å². The number of nitrogens with two attached hydrogens (primary N) is 1. The van der Waals surface area contributed by atoms with Gasteiger partial charge in [0.25, 0.3) is 0 Å². The zero-order valence-electron chi connectivity index (χ0n) is 15.1. The number of rotatable bonds is 6. The highest BCUT2D eigenvalue weighted by Gasteiger charge is 2.28. The van der Waals surface area contributed by atoms with Crippen LogP contribution in [0.15, 0.2) is 55.2 Å². The maximum Gasteiger partial charge on any atom is 0.408 e. The number of hydrogen-bond donors (Lipinski definition) is 3. The molecular formula is C18H17F3N8. The Labute approximate surface area is 163 Å². The number of nitrogens with zero attached hydrogens (tertiary/aromatic N) is 5. The topological polar surface area (TPSA) is 98.1 Å². The fraction of sp³-hybridized carbons (Fsp3) is 0.167. The van der Waals surface area contributed by atoms with Gasteiger partial charge in [0.2, 0.25) is 0 Å². The minimum Gasteiger partial charge on any atom is -0.364 e. The Morgan fingerprint density at radius 1 is 1.10 bits per heavy atom. The van der Waals surface area contributed by atoms with E-state index in [0.29, 0.717) is 29.3 Å². The number of nitrogens with one attached hydrogen (secondary N) is 2. The molecule has 0 radical (unpaired) electrons. The third-order valence-electron chi connectivity index (χ3n) is 4.23. The summed E-state index contributed by atoms with van der Waals surface area (Å²) in [6, 6.07) is 7.20. The summed E-state index contributed by atoms with van der Waals surface area (Å²) in [6.45, 7) is -0.691. The molecule has 11 heteroatoms. The molecule has 8 nitrogen and oxygen atoms in total. The quantitative estimate of drug-likeness (QED) is 0.339. The Bertz CT molecular complexity index is 1130. The average molecular weight is 402 g/mol. The predicted octanol–water partition coefficient (Wildman–Crippen LogP) is 3.05. The summed E-state index contributed by atoms with van der Waals surface area (Å²) < 4.78 is 40.4. The third kappa shape index (κ3) is 4.29. The molecular weight excluding hydrogens is 385 g/mol. The van der Waals surface area contributed by atoms with Crippen molar-refractivity contribution in [3.63, 3.8) is 0 Å². The van der Waals surface area contributed by atoms with E-state index >= 15 is 0 Å². The van der Waals surface area contributed by atoms with Crippen LogP contribution in [0.25, 0.3) is 16.9 Å². The van der Waals surface area contributed by atoms with Crippen LogP contribution in [0.5, 0.6) is 0 Å². The molecule has 150 valence electrons. The summed E-state index contributed by atoms with van der Waals surface area (Å²) in [7, 11) is 0. The van der Waals surface area contributed by atoms with Crippen molar-refractivity contribution in [3.8, 4) is 11.3 Å². The van der Waals surface area contributed by atoms with E-state index in [1.165, 1.54) is 12.4 Å². The number of alkyl halides is 3. The van der Waals surface area contributed by atoms with Gasteiger partial charge in [-0.3, -0.25) is 10.5 Å². The molecule has 0 atom stereocenters. The maximum atomic E-state index is 12.5. The molecule has 0 saturated carbocycles. The smallest absolute Gasteiger partial charge is 0.364 e. The summed E-state index contributed by atoms with van der Waals surface area (Å²) >= 11 is 0. The second kappa shape index (κ2) is 7.43. The Kier molecular flexibility index (Phi) is 4.80. The number of fused-ring (bicyclic) bond motifs is 1. The Balaban J connectivity index is 1.55. The van der Waals surface area contributed by atoms with Gasteiger partial charge in [-0.1, -0.05) is 6.07 Å². The highest BCUT2D eigenvalue weighted by molar-refractivity contribution is 5.70. The first kappa shape index (κ1) is 18.7. The molecule has 0 aliphatic carbocycles. The first-order chi connectivity index (χ1) is 13.9. The van der Waals surface area contributed by atoms with Gasteiger partial charge in [-0.05, 0) is 23.8 Å². The summed E-state index contributed by atoms with van der Waals surface area (Å²) in [5.41, 5.74) is 5.90. The fourth-order valence-electron chi connectivity index (χ4n) is 2.89. The van der Waals surface area contributed by atoms with Gasteiger partial charge in [-0.15, -0.1) is 0 Å². The van der Waals surface area contributed by atoms with Gasteiger partial charge in [0.15, 0.2) is 5.82 Å². The highest BCUT2D eigenvalue weighted by atomic mass is 19.4. The van der Waals surface area contributed by atoms with Crippen molar-refractivity contribution in [1.82, 2.24) is 24.1 Å². The molecule has 0 bridgehead atoms. The van der Waals surface area contributed by atoms with Crippen LogP contribution in [-0.2, 0) is 13.1 Å². The molecule has 4 heterocycles. The molecule has 0 unspecified atom stereocenters. The number of hydrazine groups is 1. The van der Waals surface area contributed by atoms with Gasteiger partial charge in [-0.25, -0.2) is 9.97 Å². The lowest BCUT2D eigenvalue weighted by Gasteiger charge is -2.12. The van der Waals surface area contributed by atoms with Crippen molar-refractivity contribution in [2.45, 2.75) is 19.3 Å². The standard InChI is InChI=1S/C18H17F3N8/c19-18(20,21)11-29-10-13(8-25-29)14-2-3-15(27-22)17(26-14)24-7-12-1-4-16-23-5-6-28(16)9-12/h1-6,8-10,27H,7,11,22H2,(H,24,26). The van der Waals surface area contributed by atoms with E-state index in [0.717, 1.165) is 15.9 Å². The molecule has 4 rings (SSSR count). The van der Waals surface area contributed by atoms with Crippen LogP contribution < -0.4 is 16.6 Å². The minimum absolute atomic E-state index is 0.465. The number of pyridine rings is 2. The molecule has 4 aromatic rings. The van der Waals surface area contributed by atoms with E-state index in [2.05, 4.69) is 25.8 Å². The SMILES string of the molecule is NNc1ccc(-c2cnn(CC(F)(F)F)c2)nc1NCc1ccc2nccn2c1. The summed E-state index contributed by atoms with van der Waals surface area (Å²) in [6.07, 6.45) is 3.82. The number of aromatic nitrogens is 5. The van der Waals surface area contributed by atoms with Crippen LogP contribution in [0.2, 0.25) is 0 Å². The molecule has 0 spiro atoms. The Morgan fingerprint density at radius 3 is 2.76 bits per heavy atom. The molecule has 29 heavy (non-hydrogen) atoms. The van der Waals surface area contributed by atoms with E-state index < -0.39 is 12.7 Å². The Morgan fingerprint density at radius 2 is 1.97 bits per heavy atom. The number of anilines is 2. The molecule has 0 amide bonds. The lowest BCUT2D eigenvalue weighted by Crippen LogP contribution is -2.17. The largest absolute Gasteiger partial charge is 0.408 e. The number of halogens is 3. The highest BCUT2D eigenvalue weighted by Crippen LogP contribution is 2.26. The maximum absolute atomic E-state index is 12.5. The lowest BCUT2D eigenvalue weighted by molar-refractivity contribution is -0.142. The predicted molar refractivity (Wildman–Crippen MR) is 102 cm³/mol. The van der Waals surface area contributed by atoms with Crippen molar-refractivity contribution >= 4 is 17.2 Å². The zero-order chi connectivity index (χ0) is 20.4. The molecule has 0 aliphatic heterocycles. The zero-order valence-corrected chi connectivity index (χ0v) is 15.1. The van der Waals surface area contributed by atoms with Crippen LogP contribution >= 0.6 is 0 Å². The van der Waals surface area contributed by atoms with E-state index in [1.54, 1.807) is 18.3 Å². The molecule has 0 saturated heterocycles. The number of hydrogen-bond acceptors (Lipinski definition) is 6. The fourth-order valence-corrected chi connectivity index (χ4v) is 2.89. The van der Waals surface area contributed by atoms with Gasteiger partial charge in [0, 0.05) is 36.9 Å². The molecule has 4 N–H and O–H groups in total. The van der Waals surface area contributed by atoms with E-state index in [9.17, 15) is 13.2 Å². The summed E-state index contributed by atoms with van der Waals surface area (Å²) in [5.74, 6) is 6.03. The third-order valence-corrected chi connectivity index (χ3v) is 4.23. The van der Waals surface area contributed by atoms with Gasteiger partial charge in [-0.2, -0.15) is 18.3 Å². The van der Waals surface area contributed by atoms with Crippen molar-refractivity contribution in [2.75, 3.05) is 10.7 Å². The van der Waals surface area contributed by atoms with Crippen LogP contribution in [0, 0.1) is 0 Å². The van der Waals surface area contributed by atoms with Gasteiger partial charge in [0.05, 0.1) is 17.6 Å². The monoisotopic (exact) mass is 402 g/mol. The van der Waals surface area contributed by atoms with Crippen molar-refractivity contribution in [1.29, 1.82) is 0 Å². The van der Waals surface area contributed by atoms with E-state index in [4.69, 9.17) is 5.84 Å². The second-order valence-corrected chi connectivity index (χ2v) is 6.36. The molecule has 0 aromatic carbocycles. The first-order valence-corrected chi connectivity index (χ1v) is 8.64. The second-order valence-electron chi connectivity index (χ2n) is 6.36. The normalized spacial score (nSPS) is 11.7. The molecule has 0 fully saturated rings. The van der Waals surface area contributed by atoms with Gasteiger partial charge in [0.1, 0.15) is 12.2 Å². The van der Waals surface area contributed by atoms with Crippen LogP contribution in [0.4, 0.5) is 24.7 Å². The summed E-state index contributed by atoms with van der Waals surface area (Å²) in [5, 5.41) is 6.95. The van der Waals surface area contributed by atoms with Gasteiger partial charge >= 0.3 is 6.18 Å². The van der Waals surface area contributed by atoms with Gasteiger partial charge < -0.3 is 15.1 Å². The lowest BCUT2D eigenvalue weighted by atomic mass is 10.2.